The first-order chi connectivity index (χ1) is 7.29. The van der Waals surface area contributed by atoms with E-state index >= 15 is 0 Å². The molecule has 2 aromatic rings. The number of rotatable bonds is 4. The minimum Gasteiger partial charge on any atom is -0.330 e. The molecule has 2 N–H and O–H groups in total. The molecule has 4 heteroatoms. The number of aromatic nitrogens is 2. The summed E-state index contributed by atoms with van der Waals surface area (Å²) >= 11 is 1.69. The van der Waals surface area contributed by atoms with E-state index in [0.29, 0.717) is 5.92 Å². The fourth-order valence-electron chi connectivity index (χ4n) is 1.41. The zero-order chi connectivity index (χ0) is 10.7. The Morgan fingerprint density at radius 2 is 2.40 bits per heavy atom. The van der Waals surface area contributed by atoms with Crippen molar-refractivity contribution in [1.29, 1.82) is 0 Å². The Morgan fingerprint density at radius 3 is 3.13 bits per heavy atom. The van der Waals surface area contributed by atoms with Gasteiger partial charge in [-0.05, 0) is 37.4 Å². The van der Waals surface area contributed by atoms with Crippen LogP contribution < -0.4 is 5.73 Å². The molecule has 0 saturated heterocycles. The van der Waals surface area contributed by atoms with Gasteiger partial charge in [0.1, 0.15) is 10.3 Å². The molecule has 1 unspecified atom stereocenters. The molecule has 0 radical (unpaired) electrons. The van der Waals surface area contributed by atoms with Crippen molar-refractivity contribution in [1.82, 2.24) is 9.97 Å². The Bertz CT molecular complexity index is 405. The zero-order valence-electron chi connectivity index (χ0n) is 8.81. The Balaban J connectivity index is 2.09. The standard InChI is InChI=1S/C11H15N3S/c1-8(7-12)4-5-10-14-9-3-2-6-13-11(9)15-10/h2-3,6,8H,4-5,7,12H2,1H3. The van der Waals surface area contributed by atoms with E-state index in [1.54, 1.807) is 11.3 Å². The summed E-state index contributed by atoms with van der Waals surface area (Å²) < 4.78 is 0. The molecule has 3 nitrogen and oxygen atoms in total. The number of fused-ring (bicyclic) bond motifs is 1. The lowest BCUT2D eigenvalue weighted by atomic mass is 10.1. The predicted octanol–water partition coefficient (Wildman–Crippen LogP) is 2.22. The van der Waals surface area contributed by atoms with Gasteiger partial charge in [-0.3, -0.25) is 0 Å². The van der Waals surface area contributed by atoms with Crippen LogP contribution in [0.25, 0.3) is 10.3 Å². The lowest BCUT2D eigenvalue weighted by Crippen LogP contribution is -2.11. The molecule has 2 aromatic heterocycles. The number of hydrogen-bond acceptors (Lipinski definition) is 4. The maximum atomic E-state index is 5.58. The Kier molecular flexibility index (Phi) is 3.28. The first kappa shape index (κ1) is 10.5. The van der Waals surface area contributed by atoms with Gasteiger partial charge in [0.15, 0.2) is 0 Å². The van der Waals surface area contributed by atoms with Crippen LogP contribution in [0, 0.1) is 5.92 Å². The van der Waals surface area contributed by atoms with Crippen LogP contribution in [-0.4, -0.2) is 16.5 Å². The van der Waals surface area contributed by atoms with Gasteiger partial charge in [-0.25, -0.2) is 9.97 Å². The van der Waals surface area contributed by atoms with Crippen molar-refractivity contribution in [2.24, 2.45) is 11.7 Å². The van der Waals surface area contributed by atoms with E-state index in [2.05, 4.69) is 16.9 Å². The molecule has 0 amide bonds. The quantitative estimate of drug-likeness (QED) is 0.861. The first-order valence-corrected chi connectivity index (χ1v) is 6.01. The van der Waals surface area contributed by atoms with Crippen LogP contribution in [0.1, 0.15) is 18.4 Å². The van der Waals surface area contributed by atoms with Crippen molar-refractivity contribution in [3.63, 3.8) is 0 Å². The Labute approximate surface area is 93.4 Å². The summed E-state index contributed by atoms with van der Waals surface area (Å²) in [7, 11) is 0. The van der Waals surface area contributed by atoms with Gasteiger partial charge in [-0.1, -0.05) is 18.3 Å². The topological polar surface area (TPSA) is 51.8 Å². The van der Waals surface area contributed by atoms with Gasteiger partial charge in [-0.2, -0.15) is 0 Å². The highest BCUT2D eigenvalue weighted by Crippen LogP contribution is 2.21. The summed E-state index contributed by atoms with van der Waals surface area (Å²) in [6.45, 7) is 2.93. The number of pyridine rings is 1. The van der Waals surface area contributed by atoms with E-state index in [0.717, 1.165) is 29.7 Å². The number of aryl methyl sites for hydroxylation is 1. The maximum absolute atomic E-state index is 5.58. The summed E-state index contributed by atoms with van der Waals surface area (Å²) in [4.78, 5) is 9.85. The molecule has 2 heterocycles. The molecule has 0 spiro atoms. The molecule has 0 bridgehead atoms. The summed E-state index contributed by atoms with van der Waals surface area (Å²) in [5.41, 5.74) is 6.59. The van der Waals surface area contributed by atoms with E-state index in [1.165, 1.54) is 5.01 Å². The first-order valence-electron chi connectivity index (χ1n) is 5.20. The monoisotopic (exact) mass is 221 g/mol. The van der Waals surface area contributed by atoms with Crippen molar-refractivity contribution >= 4 is 21.7 Å². The molecule has 0 aliphatic heterocycles. The fraction of sp³-hybridized carbons (Fsp3) is 0.455. The third-order valence-electron chi connectivity index (χ3n) is 2.46. The SMILES string of the molecule is CC(CN)CCc1nc2cccnc2s1. The highest BCUT2D eigenvalue weighted by molar-refractivity contribution is 7.18. The third-order valence-corrected chi connectivity index (χ3v) is 3.50. The molecule has 1 atom stereocenters. The molecule has 15 heavy (non-hydrogen) atoms. The van der Waals surface area contributed by atoms with Gasteiger partial charge in [0, 0.05) is 6.20 Å². The van der Waals surface area contributed by atoms with Crippen molar-refractivity contribution in [2.75, 3.05) is 6.54 Å². The van der Waals surface area contributed by atoms with Gasteiger partial charge in [0.05, 0.1) is 5.01 Å². The van der Waals surface area contributed by atoms with Gasteiger partial charge < -0.3 is 5.73 Å². The van der Waals surface area contributed by atoms with Crippen molar-refractivity contribution in [3.8, 4) is 0 Å². The van der Waals surface area contributed by atoms with Gasteiger partial charge >= 0.3 is 0 Å². The lowest BCUT2D eigenvalue weighted by Gasteiger charge is -2.04. The molecule has 0 aliphatic carbocycles. The number of nitrogens with two attached hydrogens (primary N) is 1. The van der Waals surface area contributed by atoms with Crippen molar-refractivity contribution < 1.29 is 0 Å². The number of thiazole rings is 1. The average Bonchev–Trinajstić information content (AvgIpc) is 2.68. The summed E-state index contributed by atoms with van der Waals surface area (Å²) in [6, 6.07) is 3.93. The second kappa shape index (κ2) is 4.68. The Hall–Kier alpha value is -1.00. The molecule has 2 rings (SSSR count). The number of hydrogen-bond donors (Lipinski definition) is 1. The largest absolute Gasteiger partial charge is 0.330 e. The molecule has 0 aliphatic rings. The van der Waals surface area contributed by atoms with Crippen LogP contribution in [0.15, 0.2) is 18.3 Å². The summed E-state index contributed by atoms with van der Waals surface area (Å²) in [5.74, 6) is 0.574. The highest BCUT2D eigenvalue weighted by Gasteiger charge is 2.06. The second-order valence-corrected chi connectivity index (χ2v) is 4.88. The van der Waals surface area contributed by atoms with Crippen LogP contribution in [0.3, 0.4) is 0 Å². The van der Waals surface area contributed by atoms with Gasteiger partial charge in [0.2, 0.25) is 0 Å². The smallest absolute Gasteiger partial charge is 0.143 e. The van der Waals surface area contributed by atoms with Gasteiger partial charge in [0.25, 0.3) is 0 Å². The van der Waals surface area contributed by atoms with Crippen LogP contribution >= 0.6 is 11.3 Å². The summed E-state index contributed by atoms with van der Waals surface area (Å²) in [6.07, 6.45) is 3.93. The molecular weight excluding hydrogens is 206 g/mol. The van der Waals surface area contributed by atoms with Crippen molar-refractivity contribution in [3.05, 3.63) is 23.3 Å². The van der Waals surface area contributed by atoms with E-state index in [-0.39, 0.29) is 0 Å². The highest BCUT2D eigenvalue weighted by atomic mass is 32.1. The molecular formula is C11H15N3S. The normalized spacial score (nSPS) is 13.2. The van der Waals surface area contributed by atoms with E-state index in [1.807, 2.05) is 18.3 Å². The van der Waals surface area contributed by atoms with Crippen LogP contribution in [0.4, 0.5) is 0 Å². The van der Waals surface area contributed by atoms with E-state index < -0.39 is 0 Å². The minimum absolute atomic E-state index is 0.574. The van der Waals surface area contributed by atoms with Crippen LogP contribution in [-0.2, 0) is 6.42 Å². The van der Waals surface area contributed by atoms with Crippen LogP contribution in [0.2, 0.25) is 0 Å². The molecule has 0 fully saturated rings. The zero-order valence-corrected chi connectivity index (χ0v) is 9.63. The summed E-state index contributed by atoms with van der Waals surface area (Å²) in [5, 5.41) is 1.17. The molecule has 80 valence electrons. The number of nitrogens with zero attached hydrogens (tertiary/aromatic N) is 2. The van der Waals surface area contributed by atoms with Crippen LogP contribution in [0.5, 0.6) is 0 Å². The van der Waals surface area contributed by atoms with Gasteiger partial charge in [-0.15, -0.1) is 0 Å². The fourth-order valence-corrected chi connectivity index (χ4v) is 2.33. The molecule has 0 aromatic carbocycles. The minimum atomic E-state index is 0.574. The van der Waals surface area contributed by atoms with Crippen molar-refractivity contribution in [2.45, 2.75) is 19.8 Å². The third kappa shape index (κ3) is 2.52. The molecule has 0 saturated carbocycles. The lowest BCUT2D eigenvalue weighted by molar-refractivity contribution is 0.544. The predicted molar refractivity (Wildman–Crippen MR) is 64.0 cm³/mol. The Morgan fingerprint density at radius 1 is 1.53 bits per heavy atom. The van der Waals surface area contributed by atoms with E-state index in [9.17, 15) is 0 Å². The van der Waals surface area contributed by atoms with E-state index in [4.69, 9.17) is 5.73 Å². The maximum Gasteiger partial charge on any atom is 0.143 e. The second-order valence-electron chi connectivity index (χ2n) is 3.81. The average molecular weight is 221 g/mol.